The van der Waals surface area contributed by atoms with E-state index >= 15 is 0 Å². The van der Waals surface area contributed by atoms with E-state index in [2.05, 4.69) is 41.7 Å². The monoisotopic (exact) mass is 504 g/mol. The molecule has 1 heterocycles. The number of carbonyl (C=O) groups excluding carboxylic acids is 2. The zero-order valence-corrected chi connectivity index (χ0v) is 21.3. The number of hydrogen-bond donors (Lipinski definition) is 3. The quantitative estimate of drug-likeness (QED) is 0.303. The SMILES string of the molecule is Nc1ccc(C(=O)NCc2cccc(-c3cccc(C4CCN(C(=O)c5ccc(N)cc5)CC4)c3)c2)cc1. The van der Waals surface area contributed by atoms with Crippen molar-refractivity contribution in [2.75, 3.05) is 24.6 Å². The largest absolute Gasteiger partial charge is 0.399 e. The van der Waals surface area contributed by atoms with E-state index in [0.29, 0.717) is 35.0 Å². The van der Waals surface area contributed by atoms with Crippen molar-refractivity contribution in [3.05, 3.63) is 119 Å². The normalized spacial score (nSPS) is 13.7. The minimum Gasteiger partial charge on any atom is -0.399 e. The van der Waals surface area contributed by atoms with Crippen LogP contribution in [0.4, 0.5) is 11.4 Å². The average Bonchev–Trinajstić information content (AvgIpc) is 2.96. The van der Waals surface area contributed by atoms with Gasteiger partial charge in [-0.3, -0.25) is 9.59 Å². The molecule has 5 rings (SSSR count). The summed E-state index contributed by atoms with van der Waals surface area (Å²) in [4.78, 5) is 27.3. The molecule has 0 atom stereocenters. The molecular weight excluding hydrogens is 472 g/mol. The summed E-state index contributed by atoms with van der Waals surface area (Å²) in [5, 5.41) is 2.99. The van der Waals surface area contributed by atoms with E-state index in [1.54, 1.807) is 48.5 Å². The van der Waals surface area contributed by atoms with Crippen LogP contribution in [0.5, 0.6) is 0 Å². The topological polar surface area (TPSA) is 101 Å². The van der Waals surface area contributed by atoms with Crippen LogP contribution in [-0.4, -0.2) is 29.8 Å². The van der Waals surface area contributed by atoms with Crippen molar-refractivity contribution in [2.24, 2.45) is 0 Å². The van der Waals surface area contributed by atoms with Gasteiger partial charge < -0.3 is 21.7 Å². The maximum Gasteiger partial charge on any atom is 0.253 e. The molecule has 6 nitrogen and oxygen atoms in total. The molecular formula is C32H32N4O2. The number of carbonyl (C=O) groups is 2. The first-order valence-corrected chi connectivity index (χ1v) is 12.9. The van der Waals surface area contributed by atoms with Gasteiger partial charge in [0.25, 0.3) is 11.8 Å². The van der Waals surface area contributed by atoms with E-state index in [0.717, 1.165) is 42.6 Å². The van der Waals surface area contributed by atoms with Gasteiger partial charge in [0.1, 0.15) is 0 Å². The molecule has 1 saturated heterocycles. The Morgan fingerprint density at radius 2 is 1.32 bits per heavy atom. The van der Waals surface area contributed by atoms with Gasteiger partial charge in [-0.05, 0) is 95.6 Å². The van der Waals surface area contributed by atoms with Gasteiger partial charge in [0.15, 0.2) is 0 Å². The van der Waals surface area contributed by atoms with Crippen LogP contribution < -0.4 is 16.8 Å². The first-order chi connectivity index (χ1) is 18.5. The molecule has 0 bridgehead atoms. The minimum absolute atomic E-state index is 0.0671. The van der Waals surface area contributed by atoms with Gasteiger partial charge in [-0.2, -0.15) is 0 Å². The van der Waals surface area contributed by atoms with Gasteiger partial charge in [-0.1, -0.05) is 42.5 Å². The number of nitrogen functional groups attached to an aromatic ring is 2. The Labute approximate surface area is 223 Å². The van der Waals surface area contributed by atoms with Gasteiger partial charge in [0.2, 0.25) is 0 Å². The molecule has 0 unspecified atom stereocenters. The molecule has 0 spiro atoms. The zero-order valence-electron chi connectivity index (χ0n) is 21.3. The first-order valence-electron chi connectivity index (χ1n) is 12.9. The number of amides is 2. The highest BCUT2D eigenvalue weighted by Crippen LogP contribution is 2.32. The number of anilines is 2. The van der Waals surface area contributed by atoms with E-state index in [1.165, 1.54) is 5.56 Å². The molecule has 6 heteroatoms. The molecule has 0 aliphatic carbocycles. The maximum absolute atomic E-state index is 12.9. The van der Waals surface area contributed by atoms with E-state index < -0.39 is 0 Å². The van der Waals surface area contributed by atoms with Crippen molar-refractivity contribution < 1.29 is 9.59 Å². The van der Waals surface area contributed by atoms with Gasteiger partial charge in [0, 0.05) is 42.1 Å². The highest BCUT2D eigenvalue weighted by Gasteiger charge is 2.24. The van der Waals surface area contributed by atoms with Crippen LogP contribution in [0.1, 0.15) is 50.6 Å². The average molecular weight is 505 g/mol. The number of benzene rings is 4. The summed E-state index contributed by atoms with van der Waals surface area (Å²) in [7, 11) is 0. The van der Waals surface area contributed by atoms with Crippen LogP contribution in [0.15, 0.2) is 97.1 Å². The van der Waals surface area contributed by atoms with Crippen LogP contribution in [0, 0.1) is 0 Å². The Balaban J connectivity index is 1.21. The third-order valence-electron chi connectivity index (χ3n) is 7.18. The lowest BCUT2D eigenvalue weighted by Gasteiger charge is -2.32. The molecule has 4 aromatic rings. The first kappa shape index (κ1) is 25.1. The maximum atomic E-state index is 12.9. The van der Waals surface area contributed by atoms with E-state index in [4.69, 9.17) is 11.5 Å². The highest BCUT2D eigenvalue weighted by atomic mass is 16.2. The lowest BCUT2D eigenvalue weighted by Crippen LogP contribution is -2.37. The van der Waals surface area contributed by atoms with Gasteiger partial charge >= 0.3 is 0 Å². The third kappa shape index (κ3) is 5.86. The van der Waals surface area contributed by atoms with Crippen molar-refractivity contribution in [2.45, 2.75) is 25.3 Å². The standard InChI is InChI=1S/C32H32N4O2/c33-29-11-7-24(8-12-29)31(37)35-21-22-3-1-4-26(19-22)28-6-2-5-27(20-28)23-15-17-36(18-16-23)32(38)25-9-13-30(34)14-10-25/h1-14,19-20,23H,15-18,21,33-34H2,(H,35,37). The molecule has 192 valence electrons. The lowest BCUT2D eigenvalue weighted by molar-refractivity contribution is 0.0713. The number of piperidine rings is 1. The van der Waals surface area contributed by atoms with Crippen molar-refractivity contribution >= 4 is 23.2 Å². The third-order valence-corrected chi connectivity index (χ3v) is 7.18. The molecule has 1 aliphatic heterocycles. The summed E-state index contributed by atoms with van der Waals surface area (Å²) in [5.74, 6) is 0.351. The summed E-state index contributed by atoms with van der Waals surface area (Å²) < 4.78 is 0. The molecule has 0 radical (unpaired) electrons. The van der Waals surface area contributed by atoms with Gasteiger partial charge in [0.05, 0.1) is 0 Å². The molecule has 0 aromatic heterocycles. The van der Waals surface area contributed by atoms with Crippen molar-refractivity contribution in [1.29, 1.82) is 0 Å². The predicted octanol–water partition coefficient (Wildman–Crippen LogP) is 5.47. The van der Waals surface area contributed by atoms with E-state index in [-0.39, 0.29) is 11.8 Å². The Hall–Kier alpha value is -4.58. The predicted molar refractivity (Wildman–Crippen MR) is 153 cm³/mol. The number of hydrogen-bond acceptors (Lipinski definition) is 4. The lowest BCUT2D eigenvalue weighted by atomic mass is 9.87. The Bertz CT molecular complexity index is 1420. The summed E-state index contributed by atoms with van der Waals surface area (Å²) in [5.41, 5.74) is 18.6. The number of rotatable bonds is 6. The molecule has 5 N–H and O–H groups in total. The van der Waals surface area contributed by atoms with E-state index in [1.807, 2.05) is 17.0 Å². The zero-order chi connectivity index (χ0) is 26.5. The van der Waals surface area contributed by atoms with Crippen molar-refractivity contribution in [1.82, 2.24) is 10.2 Å². The molecule has 38 heavy (non-hydrogen) atoms. The summed E-state index contributed by atoms with van der Waals surface area (Å²) >= 11 is 0. The van der Waals surface area contributed by atoms with Crippen LogP contribution >= 0.6 is 0 Å². The second kappa shape index (κ2) is 11.2. The Morgan fingerprint density at radius 1 is 0.737 bits per heavy atom. The van der Waals surface area contributed by atoms with Crippen LogP contribution in [0.25, 0.3) is 11.1 Å². The summed E-state index contributed by atoms with van der Waals surface area (Å²) in [6.45, 7) is 1.92. The summed E-state index contributed by atoms with van der Waals surface area (Å²) in [6.07, 6.45) is 1.86. The van der Waals surface area contributed by atoms with Crippen LogP contribution in [0.3, 0.4) is 0 Å². The fourth-order valence-corrected chi connectivity index (χ4v) is 4.98. The number of nitrogens with zero attached hydrogens (tertiary/aromatic N) is 1. The summed E-state index contributed by atoms with van der Waals surface area (Å²) in [6, 6.07) is 31.0. The Kier molecular flexibility index (Phi) is 7.40. The van der Waals surface area contributed by atoms with E-state index in [9.17, 15) is 9.59 Å². The number of nitrogens with one attached hydrogen (secondary N) is 1. The molecule has 0 saturated carbocycles. The minimum atomic E-state index is -0.126. The van der Waals surface area contributed by atoms with Crippen molar-refractivity contribution in [3.8, 4) is 11.1 Å². The Morgan fingerprint density at radius 3 is 1.97 bits per heavy atom. The van der Waals surface area contributed by atoms with Crippen LogP contribution in [-0.2, 0) is 6.54 Å². The fourth-order valence-electron chi connectivity index (χ4n) is 4.98. The van der Waals surface area contributed by atoms with Crippen molar-refractivity contribution in [3.63, 3.8) is 0 Å². The smallest absolute Gasteiger partial charge is 0.253 e. The molecule has 1 aliphatic rings. The molecule has 1 fully saturated rings. The molecule has 2 amide bonds. The fraction of sp³-hybridized carbons (Fsp3) is 0.188. The second-order valence-electron chi connectivity index (χ2n) is 9.82. The van der Waals surface area contributed by atoms with Gasteiger partial charge in [-0.25, -0.2) is 0 Å². The number of nitrogens with two attached hydrogens (primary N) is 2. The highest BCUT2D eigenvalue weighted by molar-refractivity contribution is 5.95. The van der Waals surface area contributed by atoms with Crippen LogP contribution in [0.2, 0.25) is 0 Å². The molecule has 4 aromatic carbocycles. The van der Waals surface area contributed by atoms with Gasteiger partial charge in [-0.15, -0.1) is 0 Å². The number of likely N-dealkylation sites (tertiary alicyclic amines) is 1. The second-order valence-corrected chi connectivity index (χ2v) is 9.82.